The fraction of sp³-hybridized carbons (Fsp3) is 0.471. The third kappa shape index (κ3) is 2.90. The van der Waals surface area contributed by atoms with Gasteiger partial charge in [0.05, 0.1) is 27.5 Å². The van der Waals surface area contributed by atoms with E-state index in [1.54, 1.807) is 0 Å². The second kappa shape index (κ2) is 6.23. The second-order valence-electron chi connectivity index (χ2n) is 6.20. The number of aryl methyl sites for hydroxylation is 1. The molecule has 0 saturated carbocycles. The Kier molecular flexibility index (Phi) is 4.49. The summed E-state index contributed by atoms with van der Waals surface area (Å²) < 4.78 is 2.16. The number of imidazole rings is 1. The molecule has 1 atom stereocenters. The van der Waals surface area contributed by atoms with Gasteiger partial charge in [-0.25, -0.2) is 4.98 Å². The van der Waals surface area contributed by atoms with Gasteiger partial charge in [-0.3, -0.25) is 0 Å². The van der Waals surface area contributed by atoms with E-state index >= 15 is 0 Å². The van der Waals surface area contributed by atoms with Crippen LogP contribution >= 0.6 is 23.2 Å². The minimum Gasteiger partial charge on any atom is -0.387 e. The highest BCUT2D eigenvalue weighted by Gasteiger charge is 2.27. The second-order valence-corrected chi connectivity index (χ2v) is 7.01. The van der Waals surface area contributed by atoms with Gasteiger partial charge in [0.25, 0.3) is 0 Å². The van der Waals surface area contributed by atoms with E-state index in [1.807, 2.05) is 18.2 Å². The van der Waals surface area contributed by atoms with E-state index in [9.17, 15) is 5.11 Å². The van der Waals surface area contributed by atoms with Gasteiger partial charge in [0.15, 0.2) is 0 Å². The summed E-state index contributed by atoms with van der Waals surface area (Å²) in [4.78, 5) is 4.78. The van der Waals surface area contributed by atoms with Crippen molar-refractivity contribution in [3.8, 4) is 0 Å². The van der Waals surface area contributed by atoms with Gasteiger partial charge in [0.2, 0.25) is 0 Å². The van der Waals surface area contributed by atoms with Crippen molar-refractivity contribution in [3.05, 3.63) is 51.0 Å². The van der Waals surface area contributed by atoms with Crippen LogP contribution in [0.15, 0.2) is 18.2 Å². The molecule has 0 spiro atoms. The highest BCUT2D eigenvalue weighted by molar-refractivity contribution is 6.42. The van der Waals surface area contributed by atoms with Crippen molar-refractivity contribution in [2.45, 2.75) is 51.7 Å². The number of hydrogen-bond acceptors (Lipinski definition) is 2. The Hall–Kier alpha value is -1.03. The average molecular weight is 339 g/mol. The Morgan fingerprint density at radius 3 is 2.77 bits per heavy atom. The molecule has 0 fully saturated rings. The molecule has 0 bridgehead atoms. The lowest BCUT2D eigenvalue weighted by Crippen LogP contribution is -2.16. The third-order valence-electron chi connectivity index (χ3n) is 4.16. The lowest BCUT2D eigenvalue weighted by molar-refractivity contribution is 0.147. The molecule has 5 heteroatoms. The zero-order chi connectivity index (χ0) is 15.9. The molecular formula is C17H20Cl2N2O. The quantitative estimate of drug-likeness (QED) is 0.878. The van der Waals surface area contributed by atoms with Gasteiger partial charge in [-0.15, -0.1) is 0 Å². The summed E-state index contributed by atoms with van der Waals surface area (Å²) in [5, 5.41) is 11.5. The summed E-state index contributed by atoms with van der Waals surface area (Å²) in [7, 11) is 0. The molecule has 3 nitrogen and oxygen atoms in total. The lowest BCUT2D eigenvalue weighted by atomic mass is 9.98. The molecule has 1 heterocycles. The lowest BCUT2D eigenvalue weighted by Gasteiger charge is -2.21. The van der Waals surface area contributed by atoms with E-state index in [0.29, 0.717) is 22.5 Å². The summed E-state index contributed by atoms with van der Waals surface area (Å²) in [6.45, 7) is 4.92. The van der Waals surface area contributed by atoms with Crippen molar-refractivity contribution in [2.24, 2.45) is 0 Å². The molecule has 1 unspecified atom stereocenters. The standard InChI is InChI=1S/C17H20Cl2N2O/c1-10(2)17-20-14-4-3-5-15(22)16(14)21(17)9-11-6-7-12(18)13(19)8-11/h6-8,10,15,22H,3-5,9H2,1-2H3. The maximum Gasteiger partial charge on any atom is 0.112 e. The van der Waals surface area contributed by atoms with Crippen LogP contribution in [0, 0.1) is 0 Å². The van der Waals surface area contributed by atoms with Crippen LogP contribution in [0.4, 0.5) is 0 Å². The molecule has 1 aliphatic rings. The first-order valence-electron chi connectivity index (χ1n) is 7.68. The highest BCUT2D eigenvalue weighted by Crippen LogP contribution is 2.33. The predicted molar refractivity (Wildman–Crippen MR) is 89.8 cm³/mol. The molecular weight excluding hydrogens is 319 g/mol. The van der Waals surface area contributed by atoms with Gasteiger partial charge in [-0.05, 0) is 37.0 Å². The van der Waals surface area contributed by atoms with Crippen LogP contribution in [0.1, 0.15) is 61.5 Å². The first-order valence-corrected chi connectivity index (χ1v) is 8.44. The number of hydrogen-bond donors (Lipinski definition) is 1. The van der Waals surface area contributed by atoms with Crippen molar-refractivity contribution in [2.75, 3.05) is 0 Å². The fourth-order valence-electron chi connectivity index (χ4n) is 3.12. The van der Waals surface area contributed by atoms with Crippen molar-refractivity contribution in [1.82, 2.24) is 9.55 Å². The fourth-order valence-corrected chi connectivity index (χ4v) is 3.44. The SMILES string of the molecule is CC(C)c1nc2c(n1Cc1ccc(Cl)c(Cl)c1)C(O)CCC2. The Morgan fingerprint density at radius 2 is 2.09 bits per heavy atom. The Balaban J connectivity index is 2.04. The molecule has 1 N–H and O–H groups in total. The van der Waals surface area contributed by atoms with Crippen molar-refractivity contribution in [1.29, 1.82) is 0 Å². The number of aliphatic hydroxyl groups is 1. The van der Waals surface area contributed by atoms with E-state index < -0.39 is 6.10 Å². The molecule has 0 saturated heterocycles. The van der Waals surface area contributed by atoms with Crippen molar-refractivity contribution >= 4 is 23.2 Å². The average Bonchev–Trinajstić information content (AvgIpc) is 2.83. The maximum atomic E-state index is 10.4. The van der Waals surface area contributed by atoms with Gasteiger partial charge in [-0.2, -0.15) is 0 Å². The van der Waals surface area contributed by atoms with E-state index in [2.05, 4.69) is 18.4 Å². The van der Waals surface area contributed by atoms with E-state index in [4.69, 9.17) is 28.2 Å². The zero-order valence-corrected chi connectivity index (χ0v) is 14.3. The first-order chi connectivity index (χ1) is 10.5. The molecule has 0 radical (unpaired) electrons. The molecule has 118 valence electrons. The van der Waals surface area contributed by atoms with E-state index in [-0.39, 0.29) is 0 Å². The van der Waals surface area contributed by atoms with Crippen LogP contribution in [-0.4, -0.2) is 14.7 Å². The zero-order valence-electron chi connectivity index (χ0n) is 12.8. The summed E-state index contributed by atoms with van der Waals surface area (Å²) in [5.41, 5.74) is 3.08. The number of rotatable bonds is 3. The number of benzene rings is 1. The van der Waals surface area contributed by atoms with Crippen LogP contribution in [0.2, 0.25) is 10.0 Å². The topological polar surface area (TPSA) is 38.0 Å². The Bertz CT molecular complexity index is 694. The first kappa shape index (κ1) is 15.9. The summed E-state index contributed by atoms with van der Waals surface area (Å²) >= 11 is 12.1. The smallest absolute Gasteiger partial charge is 0.112 e. The third-order valence-corrected chi connectivity index (χ3v) is 4.90. The van der Waals surface area contributed by atoms with Crippen molar-refractivity contribution < 1.29 is 5.11 Å². The molecule has 22 heavy (non-hydrogen) atoms. The minimum atomic E-state index is -0.425. The molecule has 3 rings (SSSR count). The molecule has 1 aromatic heterocycles. The number of aromatic nitrogens is 2. The molecule has 1 aromatic carbocycles. The molecule has 0 aliphatic heterocycles. The minimum absolute atomic E-state index is 0.306. The number of halogens is 2. The molecule has 0 amide bonds. The van der Waals surface area contributed by atoms with Crippen LogP contribution < -0.4 is 0 Å². The number of aliphatic hydroxyl groups excluding tert-OH is 1. The van der Waals surface area contributed by atoms with Crippen LogP contribution in [-0.2, 0) is 13.0 Å². The van der Waals surface area contributed by atoms with Gasteiger partial charge in [0.1, 0.15) is 5.82 Å². The van der Waals surface area contributed by atoms with E-state index in [0.717, 1.165) is 42.0 Å². The number of nitrogens with zero attached hydrogens (tertiary/aromatic N) is 2. The normalized spacial score (nSPS) is 17.8. The van der Waals surface area contributed by atoms with E-state index in [1.165, 1.54) is 0 Å². The monoisotopic (exact) mass is 338 g/mol. The predicted octanol–water partition coefficient (Wildman–Crippen LogP) is 4.73. The van der Waals surface area contributed by atoms with Crippen LogP contribution in [0.25, 0.3) is 0 Å². The van der Waals surface area contributed by atoms with Crippen LogP contribution in [0.5, 0.6) is 0 Å². The number of fused-ring (bicyclic) bond motifs is 1. The molecule has 2 aromatic rings. The van der Waals surface area contributed by atoms with Gasteiger partial charge < -0.3 is 9.67 Å². The Morgan fingerprint density at radius 1 is 1.32 bits per heavy atom. The summed E-state index contributed by atoms with van der Waals surface area (Å²) in [5.74, 6) is 1.33. The maximum absolute atomic E-state index is 10.4. The van der Waals surface area contributed by atoms with Crippen molar-refractivity contribution in [3.63, 3.8) is 0 Å². The molecule has 1 aliphatic carbocycles. The highest BCUT2D eigenvalue weighted by atomic mass is 35.5. The van der Waals surface area contributed by atoms with Gasteiger partial charge in [0, 0.05) is 12.5 Å². The largest absolute Gasteiger partial charge is 0.387 e. The van der Waals surface area contributed by atoms with Gasteiger partial charge in [-0.1, -0.05) is 43.1 Å². The summed E-state index contributed by atoms with van der Waals surface area (Å²) in [6, 6.07) is 5.67. The Labute approximate surface area is 140 Å². The van der Waals surface area contributed by atoms with Crippen LogP contribution in [0.3, 0.4) is 0 Å². The van der Waals surface area contributed by atoms with Gasteiger partial charge >= 0.3 is 0 Å². The summed E-state index contributed by atoms with van der Waals surface area (Å²) in [6.07, 6.45) is 2.32.